The fraction of sp³-hybridized carbons (Fsp3) is 0.308. The summed E-state index contributed by atoms with van der Waals surface area (Å²) in [7, 11) is 0. The van der Waals surface area contributed by atoms with E-state index in [2.05, 4.69) is 0 Å². The molecule has 0 radical (unpaired) electrons. The molecule has 1 N–H and O–H groups in total. The van der Waals surface area contributed by atoms with Crippen molar-refractivity contribution in [2.24, 2.45) is 0 Å². The first-order valence-corrected chi connectivity index (χ1v) is 6.63. The van der Waals surface area contributed by atoms with Crippen molar-refractivity contribution in [3.8, 4) is 0 Å². The zero-order valence-electron chi connectivity index (χ0n) is 11.2. The number of aromatic nitrogens is 1. The first kappa shape index (κ1) is 14.3. The molecule has 20 heavy (non-hydrogen) atoms. The Bertz CT molecular complexity index is 750. The Balaban J connectivity index is 2.55. The molecule has 0 spiro atoms. The van der Waals surface area contributed by atoms with Gasteiger partial charge in [-0.3, -0.25) is 4.79 Å². The number of benzene rings is 1. The average Bonchev–Trinajstić information content (AvgIpc) is 2.61. The molecular formula is C13H13NO5S. The van der Waals surface area contributed by atoms with Crippen molar-refractivity contribution in [3.05, 3.63) is 33.4 Å². The summed E-state index contributed by atoms with van der Waals surface area (Å²) in [5.74, 6) is -1.09. The number of thiazole rings is 1. The van der Waals surface area contributed by atoms with Gasteiger partial charge in [-0.15, -0.1) is 0 Å². The summed E-state index contributed by atoms with van der Waals surface area (Å²) in [5, 5.41) is 8.91. The molecule has 2 aromatic rings. The number of fused-ring (bicyclic) bond motifs is 1. The molecule has 0 fully saturated rings. The Morgan fingerprint density at radius 2 is 1.95 bits per heavy atom. The molecule has 0 aliphatic carbocycles. The lowest BCUT2D eigenvalue weighted by atomic mass is 10.2. The van der Waals surface area contributed by atoms with Gasteiger partial charge in [0.05, 0.1) is 15.8 Å². The van der Waals surface area contributed by atoms with E-state index in [4.69, 9.17) is 9.84 Å². The molecule has 7 heteroatoms. The molecule has 0 atom stereocenters. The molecule has 1 heterocycles. The molecule has 0 saturated carbocycles. The minimum absolute atomic E-state index is 0.0649. The summed E-state index contributed by atoms with van der Waals surface area (Å²) in [6.07, 6.45) is -0.767. The molecule has 0 aliphatic heterocycles. The van der Waals surface area contributed by atoms with E-state index < -0.39 is 22.5 Å². The van der Waals surface area contributed by atoms with Gasteiger partial charge in [-0.1, -0.05) is 11.3 Å². The topological polar surface area (TPSA) is 85.6 Å². The monoisotopic (exact) mass is 295 g/mol. The van der Waals surface area contributed by atoms with E-state index in [1.807, 2.05) is 0 Å². The van der Waals surface area contributed by atoms with Gasteiger partial charge >= 0.3 is 16.9 Å². The Morgan fingerprint density at radius 3 is 2.50 bits per heavy atom. The van der Waals surface area contributed by atoms with E-state index in [1.165, 1.54) is 18.2 Å². The van der Waals surface area contributed by atoms with E-state index in [0.717, 1.165) is 15.9 Å². The predicted octanol–water partition coefficient (Wildman–Crippen LogP) is 2.54. The van der Waals surface area contributed by atoms with Crippen molar-refractivity contribution < 1.29 is 19.4 Å². The summed E-state index contributed by atoms with van der Waals surface area (Å²) in [5.41, 5.74) is -0.305. The fourth-order valence-electron chi connectivity index (χ4n) is 1.63. The SMILES string of the molecule is CC(C)(C)OC(=O)n1c(=O)sc2cc(C(=O)O)ccc21. The summed E-state index contributed by atoms with van der Waals surface area (Å²) >= 11 is 0.808. The number of hydrogen-bond donors (Lipinski definition) is 1. The van der Waals surface area contributed by atoms with Crippen LogP contribution in [0.1, 0.15) is 31.1 Å². The van der Waals surface area contributed by atoms with Crippen molar-refractivity contribution in [3.63, 3.8) is 0 Å². The number of nitrogens with zero attached hydrogens (tertiary/aromatic N) is 1. The maximum atomic E-state index is 12.0. The third-order valence-electron chi connectivity index (χ3n) is 2.40. The highest BCUT2D eigenvalue weighted by molar-refractivity contribution is 7.16. The molecular weight excluding hydrogens is 282 g/mol. The van der Waals surface area contributed by atoms with Crippen molar-refractivity contribution in [2.45, 2.75) is 26.4 Å². The molecule has 1 aromatic heterocycles. The predicted molar refractivity (Wildman–Crippen MR) is 74.7 cm³/mol. The summed E-state index contributed by atoms with van der Waals surface area (Å²) in [6, 6.07) is 4.14. The van der Waals surface area contributed by atoms with Gasteiger partial charge in [0.2, 0.25) is 0 Å². The van der Waals surface area contributed by atoms with Gasteiger partial charge in [-0.2, -0.15) is 0 Å². The van der Waals surface area contributed by atoms with Crippen molar-refractivity contribution in [1.29, 1.82) is 0 Å². The summed E-state index contributed by atoms with van der Waals surface area (Å²) < 4.78 is 6.51. The number of rotatable bonds is 1. The zero-order valence-corrected chi connectivity index (χ0v) is 12.0. The lowest BCUT2D eigenvalue weighted by Gasteiger charge is -2.19. The van der Waals surface area contributed by atoms with Crippen LogP contribution in [-0.2, 0) is 4.74 Å². The molecule has 1 aromatic carbocycles. The highest BCUT2D eigenvalue weighted by Gasteiger charge is 2.22. The van der Waals surface area contributed by atoms with Gasteiger partial charge in [0.25, 0.3) is 0 Å². The highest BCUT2D eigenvalue weighted by atomic mass is 32.1. The van der Waals surface area contributed by atoms with Crippen molar-refractivity contribution in [2.75, 3.05) is 0 Å². The van der Waals surface area contributed by atoms with Gasteiger partial charge < -0.3 is 9.84 Å². The van der Waals surface area contributed by atoms with Crippen LogP contribution in [0.5, 0.6) is 0 Å². The van der Waals surface area contributed by atoms with Gasteiger partial charge in [0.15, 0.2) is 0 Å². The first-order chi connectivity index (χ1) is 9.19. The molecule has 2 rings (SSSR count). The number of carbonyl (C=O) groups excluding carboxylic acids is 1. The number of ether oxygens (including phenoxy) is 1. The minimum atomic E-state index is -1.09. The van der Waals surface area contributed by atoms with Gasteiger partial charge in [0.1, 0.15) is 5.60 Å². The second kappa shape index (κ2) is 4.75. The van der Waals surface area contributed by atoms with Crippen LogP contribution in [-0.4, -0.2) is 27.3 Å². The van der Waals surface area contributed by atoms with Crippen molar-refractivity contribution in [1.82, 2.24) is 4.57 Å². The van der Waals surface area contributed by atoms with E-state index in [-0.39, 0.29) is 5.56 Å². The standard InChI is InChI=1S/C13H13NO5S/c1-13(2,3)19-11(17)14-8-5-4-7(10(15)16)6-9(8)20-12(14)18/h4-6H,1-3H3,(H,15,16). The van der Waals surface area contributed by atoms with Crippen LogP contribution < -0.4 is 4.87 Å². The molecule has 0 unspecified atom stereocenters. The van der Waals surface area contributed by atoms with Crippen LogP contribution in [0.25, 0.3) is 10.2 Å². The fourth-order valence-corrected chi connectivity index (χ4v) is 2.53. The summed E-state index contributed by atoms with van der Waals surface area (Å²) in [6.45, 7) is 5.10. The maximum absolute atomic E-state index is 12.0. The quantitative estimate of drug-likeness (QED) is 0.873. The average molecular weight is 295 g/mol. The third-order valence-corrected chi connectivity index (χ3v) is 3.31. The van der Waals surface area contributed by atoms with Gasteiger partial charge in [-0.05, 0) is 39.0 Å². The molecule has 0 aliphatic rings. The Hall–Kier alpha value is -2.15. The maximum Gasteiger partial charge on any atom is 0.422 e. The minimum Gasteiger partial charge on any atom is -0.478 e. The molecule has 106 valence electrons. The number of carbonyl (C=O) groups is 2. The molecule has 6 nitrogen and oxygen atoms in total. The first-order valence-electron chi connectivity index (χ1n) is 5.81. The van der Waals surface area contributed by atoms with E-state index in [1.54, 1.807) is 20.8 Å². The Morgan fingerprint density at radius 1 is 1.30 bits per heavy atom. The smallest absolute Gasteiger partial charge is 0.422 e. The number of carboxylic acids is 1. The Labute approximate surface area is 118 Å². The molecule has 0 saturated heterocycles. The molecule has 0 amide bonds. The van der Waals surface area contributed by atoms with Crippen LogP contribution in [0.2, 0.25) is 0 Å². The number of hydrogen-bond acceptors (Lipinski definition) is 5. The van der Waals surface area contributed by atoms with Crippen LogP contribution in [0.15, 0.2) is 23.0 Å². The normalized spacial score (nSPS) is 11.6. The van der Waals surface area contributed by atoms with Crippen LogP contribution in [0, 0.1) is 0 Å². The third kappa shape index (κ3) is 2.72. The number of carboxylic acid groups (broad SMARTS) is 1. The van der Waals surface area contributed by atoms with Crippen LogP contribution >= 0.6 is 11.3 Å². The van der Waals surface area contributed by atoms with E-state index in [0.29, 0.717) is 10.2 Å². The highest BCUT2D eigenvalue weighted by Crippen LogP contribution is 2.20. The zero-order chi connectivity index (χ0) is 15.1. The number of aromatic carboxylic acids is 1. The molecule has 0 bridgehead atoms. The second-order valence-corrected chi connectivity index (χ2v) is 6.16. The lowest BCUT2D eigenvalue weighted by Crippen LogP contribution is -2.31. The lowest BCUT2D eigenvalue weighted by molar-refractivity contribution is 0.0540. The van der Waals surface area contributed by atoms with E-state index >= 15 is 0 Å². The van der Waals surface area contributed by atoms with Crippen LogP contribution in [0.3, 0.4) is 0 Å². The summed E-state index contributed by atoms with van der Waals surface area (Å²) in [4.78, 5) is 34.3. The van der Waals surface area contributed by atoms with Crippen LogP contribution in [0.4, 0.5) is 4.79 Å². The van der Waals surface area contributed by atoms with Gasteiger partial charge in [-0.25, -0.2) is 14.2 Å². The second-order valence-electron chi connectivity index (χ2n) is 5.17. The van der Waals surface area contributed by atoms with Gasteiger partial charge in [0, 0.05) is 0 Å². The largest absolute Gasteiger partial charge is 0.478 e. The van der Waals surface area contributed by atoms with E-state index in [9.17, 15) is 14.4 Å². The van der Waals surface area contributed by atoms with Crippen molar-refractivity contribution >= 4 is 33.6 Å². The Kier molecular flexibility index (Phi) is 3.39.